The van der Waals surface area contributed by atoms with Gasteiger partial charge in [0, 0.05) is 42.8 Å². The minimum Gasteiger partial charge on any atom is -0.426 e. The van der Waals surface area contributed by atoms with Gasteiger partial charge in [-0.05, 0) is 18.6 Å². The van der Waals surface area contributed by atoms with Crippen LogP contribution in [0.1, 0.15) is 28.5 Å². The van der Waals surface area contributed by atoms with Crippen molar-refractivity contribution < 1.29 is 37.0 Å². The fraction of sp³-hybridized carbons (Fsp3) is 0.308. The van der Waals surface area contributed by atoms with Gasteiger partial charge in [0.2, 0.25) is 5.91 Å². The van der Waals surface area contributed by atoms with Crippen molar-refractivity contribution in [2.24, 2.45) is 11.5 Å². The summed E-state index contributed by atoms with van der Waals surface area (Å²) in [5, 5.41) is 9.24. The van der Waals surface area contributed by atoms with Crippen LogP contribution in [-0.2, 0) is 33.5 Å². The van der Waals surface area contributed by atoms with Crippen molar-refractivity contribution in [3.63, 3.8) is 0 Å². The van der Waals surface area contributed by atoms with Crippen molar-refractivity contribution in [2.75, 3.05) is 31.6 Å². The van der Waals surface area contributed by atoms with E-state index in [0.29, 0.717) is 25.1 Å². The summed E-state index contributed by atoms with van der Waals surface area (Å²) in [6.07, 6.45) is 0.471. The van der Waals surface area contributed by atoms with Crippen molar-refractivity contribution in [3.8, 4) is 17.0 Å². The van der Waals surface area contributed by atoms with E-state index in [-0.39, 0.29) is 59.3 Å². The van der Waals surface area contributed by atoms with E-state index in [0.717, 1.165) is 10.9 Å². The molecule has 0 aliphatic heterocycles. The van der Waals surface area contributed by atoms with Gasteiger partial charge in [0.15, 0.2) is 22.9 Å². The van der Waals surface area contributed by atoms with Crippen LogP contribution in [0, 0.1) is 0 Å². The first-order chi connectivity index (χ1) is 20.6. The number of aromatic nitrogens is 5. The normalized spacial score (nSPS) is 11.5. The number of alkyl halides is 3. The van der Waals surface area contributed by atoms with E-state index in [9.17, 15) is 27.6 Å². The Labute approximate surface area is 242 Å². The number of anilines is 2. The highest BCUT2D eigenvalue weighted by Gasteiger charge is 2.38. The Bertz CT molecular complexity index is 1630. The average molecular weight is 604 g/mol. The predicted molar refractivity (Wildman–Crippen MR) is 146 cm³/mol. The Morgan fingerprint density at radius 2 is 1.98 bits per heavy atom. The molecule has 4 aromatic rings. The topological polar surface area (TPSA) is 194 Å². The number of carbonyl (C=O) groups is 3. The summed E-state index contributed by atoms with van der Waals surface area (Å²) in [6, 6.07) is 3.04. The lowest BCUT2D eigenvalue weighted by molar-refractivity contribution is -0.141. The second-order valence-electron chi connectivity index (χ2n) is 8.98. The number of primary amides is 1. The molecule has 43 heavy (non-hydrogen) atoms. The Morgan fingerprint density at radius 3 is 2.65 bits per heavy atom. The summed E-state index contributed by atoms with van der Waals surface area (Å²) in [5.41, 5.74) is 10.0. The number of rotatable bonds is 14. The van der Waals surface area contributed by atoms with Gasteiger partial charge in [-0.1, -0.05) is 6.92 Å². The quantitative estimate of drug-likeness (QED) is 0.122. The maximum absolute atomic E-state index is 13.8. The third-order valence-corrected chi connectivity index (χ3v) is 6.12. The Balaban J connectivity index is 1.70. The van der Waals surface area contributed by atoms with E-state index in [1.165, 1.54) is 35.1 Å². The van der Waals surface area contributed by atoms with Crippen molar-refractivity contribution >= 4 is 35.4 Å². The van der Waals surface area contributed by atoms with Crippen LogP contribution in [0.5, 0.6) is 5.75 Å². The number of benzene rings is 1. The third kappa shape index (κ3) is 6.90. The standard InChI is InChI=1S/C26H28F3N9O5/c1-2-15-16(25(41)33-7-10-42-9-5-30)3-4-18(21(15)43-14-39)35-23-24-34-11-19(38(24)8-6-32-23)17-12-37(13-20(31)40)36-22(17)26(27,28)29/h3-4,6,8,11-12,14H,2,5,7,9-10,13,30H2,1H3,(H2,31,40)(H,32,35)(H,33,41). The lowest BCUT2D eigenvalue weighted by atomic mass is 10.0. The Morgan fingerprint density at radius 1 is 1.19 bits per heavy atom. The summed E-state index contributed by atoms with van der Waals surface area (Å²) in [4.78, 5) is 44.1. The van der Waals surface area contributed by atoms with E-state index >= 15 is 0 Å². The van der Waals surface area contributed by atoms with Crippen molar-refractivity contribution in [3.05, 3.63) is 53.7 Å². The molecule has 17 heteroatoms. The summed E-state index contributed by atoms with van der Waals surface area (Å²) in [7, 11) is 0. The lowest BCUT2D eigenvalue weighted by Gasteiger charge is -2.17. The number of nitrogens with two attached hydrogens (primary N) is 2. The molecule has 2 amide bonds. The maximum atomic E-state index is 13.8. The van der Waals surface area contributed by atoms with Gasteiger partial charge in [0.25, 0.3) is 12.4 Å². The van der Waals surface area contributed by atoms with Crippen LogP contribution in [0.3, 0.4) is 0 Å². The van der Waals surface area contributed by atoms with Crippen LogP contribution in [0.25, 0.3) is 16.9 Å². The molecule has 4 rings (SSSR count). The first kappa shape index (κ1) is 30.9. The summed E-state index contributed by atoms with van der Waals surface area (Å²) < 4.78 is 54.2. The molecule has 14 nitrogen and oxygen atoms in total. The zero-order valence-corrected chi connectivity index (χ0v) is 22.8. The largest absolute Gasteiger partial charge is 0.435 e. The van der Waals surface area contributed by atoms with E-state index in [1.807, 2.05) is 0 Å². The average Bonchev–Trinajstić information content (AvgIpc) is 3.58. The zero-order valence-electron chi connectivity index (χ0n) is 22.8. The fourth-order valence-corrected chi connectivity index (χ4v) is 4.38. The summed E-state index contributed by atoms with van der Waals surface area (Å²) in [6.45, 7) is 2.64. The third-order valence-electron chi connectivity index (χ3n) is 6.12. The number of hydrogen-bond acceptors (Lipinski definition) is 10. The Kier molecular flexibility index (Phi) is 9.56. The minimum atomic E-state index is -4.83. The molecule has 0 atom stereocenters. The van der Waals surface area contributed by atoms with Crippen molar-refractivity contribution in [1.29, 1.82) is 0 Å². The number of halogens is 3. The number of carbonyl (C=O) groups excluding carboxylic acids is 3. The molecule has 0 spiro atoms. The highest BCUT2D eigenvalue weighted by molar-refractivity contribution is 5.97. The molecule has 228 valence electrons. The number of nitrogens with one attached hydrogen (secondary N) is 2. The van der Waals surface area contributed by atoms with Crippen LogP contribution in [-0.4, -0.2) is 68.7 Å². The maximum Gasteiger partial charge on any atom is 0.435 e. The van der Waals surface area contributed by atoms with Crippen LogP contribution in [0.15, 0.2) is 36.9 Å². The van der Waals surface area contributed by atoms with Gasteiger partial charge in [0.1, 0.15) is 6.54 Å². The molecule has 0 aliphatic carbocycles. The van der Waals surface area contributed by atoms with Gasteiger partial charge >= 0.3 is 6.18 Å². The molecular formula is C26H28F3N9O5. The molecule has 0 fully saturated rings. The molecule has 0 bridgehead atoms. The molecule has 3 aromatic heterocycles. The number of amides is 2. The number of imidazole rings is 1. The molecule has 0 saturated carbocycles. The van der Waals surface area contributed by atoms with Crippen molar-refractivity contribution in [2.45, 2.75) is 26.1 Å². The fourth-order valence-electron chi connectivity index (χ4n) is 4.38. The molecule has 0 saturated heterocycles. The molecule has 0 aliphatic rings. The molecule has 3 heterocycles. The van der Waals surface area contributed by atoms with Crippen LogP contribution >= 0.6 is 0 Å². The highest BCUT2D eigenvalue weighted by atomic mass is 19.4. The van der Waals surface area contributed by atoms with Gasteiger partial charge < -0.3 is 31.6 Å². The highest BCUT2D eigenvalue weighted by Crippen LogP contribution is 2.38. The number of nitrogens with zero attached hydrogens (tertiary/aromatic N) is 5. The van der Waals surface area contributed by atoms with E-state index in [2.05, 4.69) is 25.7 Å². The van der Waals surface area contributed by atoms with Crippen LogP contribution < -0.4 is 26.8 Å². The van der Waals surface area contributed by atoms with E-state index in [1.54, 1.807) is 6.92 Å². The second-order valence-corrected chi connectivity index (χ2v) is 8.98. The predicted octanol–water partition coefficient (Wildman–Crippen LogP) is 1.64. The number of fused-ring (bicyclic) bond motifs is 1. The first-order valence-electron chi connectivity index (χ1n) is 12.9. The number of hydrogen-bond donors (Lipinski definition) is 4. The first-order valence-corrected chi connectivity index (χ1v) is 12.9. The molecular weight excluding hydrogens is 575 g/mol. The lowest BCUT2D eigenvalue weighted by Crippen LogP contribution is -2.29. The van der Waals surface area contributed by atoms with Gasteiger partial charge in [-0.3, -0.25) is 23.5 Å². The smallest absolute Gasteiger partial charge is 0.426 e. The molecule has 6 N–H and O–H groups in total. The molecule has 1 aromatic carbocycles. The monoisotopic (exact) mass is 603 g/mol. The molecule has 0 radical (unpaired) electrons. The van der Waals surface area contributed by atoms with Crippen LogP contribution in [0.2, 0.25) is 0 Å². The van der Waals surface area contributed by atoms with Gasteiger partial charge in [-0.25, -0.2) is 9.97 Å². The minimum absolute atomic E-state index is 0.0181. The van der Waals surface area contributed by atoms with E-state index in [4.69, 9.17) is 20.9 Å². The SMILES string of the molecule is CCc1c(C(=O)NCCOCCN)ccc(Nc2nccn3c(-c4cn(CC(N)=O)nc4C(F)(F)F)cnc23)c1OC=O. The van der Waals surface area contributed by atoms with E-state index < -0.39 is 30.2 Å². The van der Waals surface area contributed by atoms with Gasteiger partial charge in [0.05, 0.1) is 36.4 Å². The van der Waals surface area contributed by atoms with Crippen molar-refractivity contribution in [1.82, 2.24) is 29.5 Å². The molecule has 0 unspecified atom stereocenters. The zero-order chi connectivity index (χ0) is 31.1. The number of ether oxygens (including phenoxy) is 2. The Hall–Kier alpha value is -5.03. The van der Waals surface area contributed by atoms with Gasteiger partial charge in [-0.15, -0.1) is 0 Å². The van der Waals surface area contributed by atoms with Gasteiger partial charge in [-0.2, -0.15) is 18.3 Å². The summed E-state index contributed by atoms with van der Waals surface area (Å²) in [5.74, 6) is -1.10. The van der Waals surface area contributed by atoms with Crippen LogP contribution in [0.4, 0.5) is 24.7 Å². The summed E-state index contributed by atoms with van der Waals surface area (Å²) >= 11 is 0. The second kappa shape index (κ2) is 13.3.